The van der Waals surface area contributed by atoms with Crippen LogP contribution >= 0.6 is 0 Å². The quantitative estimate of drug-likeness (QED) is 0.229. The molecule has 2 heteroatoms. The smallest absolute Gasteiger partial charge is 0.120 e. The highest BCUT2D eigenvalue weighted by Gasteiger charge is 2.04. The molecule has 0 radical (unpaired) electrons. The molecule has 0 aliphatic carbocycles. The Balaban J connectivity index is 3.67. The molecular formula is C20H41NO. The molecule has 0 heterocycles. The molecule has 0 aromatic carbocycles. The van der Waals surface area contributed by atoms with Crippen LogP contribution in [0.5, 0.6) is 0 Å². The van der Waals surface area contributed by atoms with E-state index in [0.717, 1.165) is 25.7 Å². The summed E-state index contributed by atoms with van der Waals surface area (Å²) in [7, 11) is 0. The Kier molecular flexibility index (Phi) is 18.4. The van der Waals surface area contributed by atoms with Gasteiger partial charge in [0.15, 0.2) is 0 Å². The maximum atomic E-state index is 10.5. The van der Waals surface area contributed by atoms with Gasteiger partial charge in [-0.25, -0.2) is 0 Å². The van der Waals surface area contributed by atoms with Crippen LogP contribution in [0.25, 0.3) is 0 Å². The van der Waals surface area contributed by atoms with E-state index in [9.17, 15) is 4.79 Å². The minimum atomic E-state index is 0.726. The molecule has 132 valence electrons. The Morgan fingerprint density at radius 1 is 0.591 bits per heavy atom. The molecule has 0 aliphatic rings. The molecule has 0 unspecified atom stereocenters. The second kappa shape index (κ2) is 18.7. The van der Waals surface area contributed by atoms with Crippen molar-refractivity contribution in [2.45, 2.75) is 104 Å². The van der Waals surface area contributed by atoms with Crippen LogP contribution < -0.4 is 0 Å². The van der Waals surface area contributed by atoms with Gasteiger partial charge in [0.2, 0.25) is 0 Å². The molecular weight excluding hydrogens is 270 g/mol. The first kappa shape index (κ1) is 21.6. The van der Waals surface area contributed by atoms with E-state index in [1.165, 1.54) is 90.1 Å². The molecule has 0 saturated carbocycles. The molecule has 0 aromatic heterocycles. The van der Waals surface area contributed by atoms with Crippen LogP contribution in [0.4, 0.5) is 0 Å². The maximum absolute atomic E-state index is 10.5. The Hall–Kier alpha value is -0.370. The summed E-state index contributed by atoms with van der Waals surface area (Å²) in [4.78, 5) is 13.1. The maximum Gasteiger partial charge on any atom is 0.120 e. The molecule has 0 bridgehead atoms. The largest absolute Gasteiger partial charge is 0.303 e. The number of carbonyl (C=O) groups excluding carboxylic acids is 1. The molecule has 0 fully saturated rings. The lowest BCUT2D eigenvalue weighted by atomic mass is 10.1. The zero-order valence-electron chi connectivity index (χ0n) is 15.5. The first-order chi connectivity index (χ1) is 10.8. The van der Waals surface area contributed by atoms with Crippen LogP contribution in [-0.2, 0) is 4.79 Å². The second-order valence-corrected chi connectivity index (χ2v) is 6.69. The van der Waals surface area contributed by atoms with Gasteiger partial charge in [0.05, 0.1) is 0 Å². The van der Waals surface area contributed by atoms with Crippen LogP contribution in [0.1, 0.15) is 104 Å². The SMILES string of the molecule is CCCCCCCCN(CCCC=O)CCCCCCCC. The summed E-state index contributed by atoms with van der Waals surface area (Å²) in [5, 5.41) is 0. The highest BCUT2D eigenvalue weighted by atomic mass is 16.1. The Morgan fingerprint density at radius 2 is 1.00 bits per heavy atom. The van der Waals surface area contributed by atoms with Crippen molar-refractivity contribution in [1.29, 1.82) is 0 Å². The van der Waals surface area contributed by atoms with Crippen LogP contribution in [-0.4, -0.2) is 30.8 Å². The number of nitrogens with zero attached hydrogens (tertiary/aromatic N) is 1. The fourth-order valence-electron chi connectivity index (χ4n) is 2.97. The first-order valence-electron chi connectivity index (χ1n) is 10.0. The standard InChI is InChI=1S/C20H41NO/c1-3-5-7-9-11-13-17-21(19-15-16-20-22)18-14-12-10-8-6-4-2/h20H,3-19H2,1-2H3. The number of unbranched alkanes of at least 4 members (excludes halogenated alkanes) is 11. The Bertz CT molecular complexity index is 202. The van der Waals surface area contributed by atoms with Gasteiger partial charge in [0.25, 0.3) is 0 Å². The summed E-state index contributed by atoms with van der Waals surface area (Å²) in [6.45, 7) is 8.13. The van der Waals surface area contributed by atoms with Crippen molar-refractivity contribution in [1.82, 2.24) is 4.90 Å². The van der Waals surface area contributed by atoms with Crippen LogP contribution in [0.3, 0.4) is 0 Å². The minimum absolute atomic E-state index is 0.726. The number of hydrogen-bond donors (Lipinski definition) is 0. The van der Waals surface area contributed by atoms with Crippen molar-refractivity contribution >= 4 is 6.29 Å². The topological polar surface area (TPSA) is 20.3 Å². The monoisotopic (exact) mass is 311 g/mol. The highest BCUT2D eigenvalue weighted by Crippen LogP contribution is 2.09. The fraction of sp³-hybridized carbons (Fsp3) is 0.950. The first-order valence-corrected chi connectivity index (χ1v) is 10.0. The van der Waals surface area contributed by atoms with E-state index >= 15 is 0 Å². The van der Waals surface area contributed by atoms with Gasteiger partial charge in [-0.05, 0) is 38.9 Å². The molecule has 2 nitrogen and oxygen atoms in total. The predicted molar refractivity (Wildman–Crippen MR) is 98.5 cm³/mol. The normalized spacial score (nSPS) is 11.2. The van der Waals surface area contributed by atoms with Gasteiger partial charge in [-0.15, -0.1) is 0 Å². The van der Waals surface area contributed by atoms with Gasteiger partial charge < -0.3 is 9.69 Å². The summed E-state index contributed by atoms with van der Waals surface area (Å²) in [6, 6.07) is 0. The Morgan fingerprint density at radius 3 is 1.45 bits per heavy atom. The van der Waals surface area contributed by atoms with Gasteiger partial charge in [-0.1, -0.05) is 78.1 Å². The molecule has 22 heavy (non-hydrogen) atoms. The summed E-state index contributed by atoms with van der Waals surface area (Å²) in [5.41, 5.74) is 0. The van der Waals surface area contributed by atoms with E-state index in [2.05, 4.69) is 18.7 Å². The van der Waals surface area contributed by atoms with Gasteiger partial charge in [0.1, 0.15) is 6.29 Å². The zero-order valence-corrected chi connectivity index (χ0v) is 15.5. The fourth-order valence-corrected chi connectivity index (χ4v) is 2.97. The third-order valence-electron chi connectivity index (χ3n) is 4.45. The highest BCUT2D eigenvalue weighted by molar-refractivity contribution is 5.48. The molecule has 0 rings (SSSR count). The molecule has 0 spiro atoms. The number of aldehydes is 1. The number of rotatable bonds is 18. The predicted octanol–water partition coefficient (Wildman–Crippen LogP) is 5.99. The summed E-state index contributed by atoms with van der Waals surface area (Å²) < 4.78 is 0. The lowest BCUT2D eigenvalue weighted by molar-refractivity contribution is -0.108. The number of hydrogen-bond acceptors (Lipinski definition) is 2. The average Bonchev–Trinajstić information content (AvgIpc) is 2.53. The summed E-state index contributed by atoms with van der Waals surface area (Å²) in [6.07, 6.45) is 19.3. The van der Waals surface area contributed by atoms with E-state index in [4.69, 9.17) is 0 Å². The molecule has 0 N–H and O–H groups in total. The molecule has 0 aromatic rings. The van der Waals surface area contributed by atoms with Gasteiger partial charge in [0, 0.05) is 6.42 Å². The third-order valence-corrected chi connectivity index (χ3v) is 4.45. The summed E-state index contributed by atoms with van der Waals surface area (Å²) >= 11 is 0. The number of carbonyl (C=O) groups is 1. The van der Waals surface area contributed by atoms with Crippen molar-refractivity contribution in [3.05, 3.63) is 0 Å². The van der Waals surface area contributed by atoms with Gasteiger partial charge in [-0.2, -0.15) is 0 Å². The van der Waals surface area contributed by atoms with E-state index in [1.54, 1.807) is 0 Å². The van der Waals surface area contributed by atoms with E-state index < -0.39 is 0 Å². The summed E-state index contributed by atoms with van der Waals surface area (Å²) in [5.74, 6) is 0. The van der Waals surface area contributed by atoms with Crippen LogP contribution in [0.2, 0.25) is 0 Å². The van der Waals surface area contributed by atoms with Crippen molar-refractivity contribution < 1.29 is 4.79 Å². The zero-order chi connectivity index (χ0) is 16.3. The molecule has 0 atom stereocenters. The van der Waals surface area contributed by atoms with Crippen LogP contribution in [0, 0.1) is 0 Å². The molecule has 0 saturated heterocycles. The van der Waals surface area contributed by atoms with Gasteiger partial charge >= 0.3 is 0 Å². The van der Waals surface area contributed by atoms with Gasteiger partial charge in [-0.3, -0.25) is 0 Å². The van der Waals surface area contributed by atoms with E-state index in [-0.39, 0.29) is 0 Å². The third kappa shape index (κ3) is 16.0. The van der Waals surface area contributed by atoms with E-state index in [1.807, 2.05) is 0 Å². The lowest BCUT2D eigenvalue weighted by Gasteiger charge is -2.22. The lowest BCUT2D eigenvalue weighted by Crippen LogP contribution is -2.27. The minimum Gasteiger partial charge on any atom is -0.303 e. The van der Waals surface area contributed by atoms with E-state index in [0.29, 0.717) is 0 Å². The molecule has 0 aliphatic heterocycles. The molecule has 0 amide bonds. The average molecular weight is 312 g/mol. The Labute approximate surface area is 140 Å². The van der Waals surface area contributed by atoms with Crippen molar-refractivity contribution in [2.24, 2.45) is 0 Å². The van der Waals surface area contributed by atoms with Crippen LogP contribution in [0.15, 0.2) is 0 Å². The van der Waals surface area contributed by atoms with Crippen molar-refractivity contribution in [2.75, 3.05) is 19.6 Å². The van der Waals surface area contributed by atoms with Crippen molar-refractivity contribution in [3.63, 3.8) is 0 Å². The second-order valence-electron chi connectivity index (χ2n) is 6.69. The van der Waals surface area contributed by atoms with Crippen molar-refractivity contribution in [3.8, 4) is 0 Å².